The number of ether oxygens (including phenoxy) is 3. The van der Waals surface area contributed by atoms with E-state index in [1.807, 2.05) is 6.92 Å². The zero-order valence-electron chi connectivity index (χ0n) is 19.5. The van der Waals surface area contributed by atoms with Gasteiger partial charge in [-0.2, -0.15) is 0 Å². The molecule has 0 bridgehead atoms. The molecule has 0 amide bonds. The molecule has 10 atom stereocenters. The van der Waals surface area contributed by atoms with Crippen molar-refractivity contribution in [2.24, 2.45) is 0 Å². The van der Waals surface area contributed by atoms with Crippen LogP contribution in [0.15, 0.2) is 12.7 Å². The van der Waals surface area contributed by atoms with Crippen LogP contribution in [0.25, 0.3) is 11.2 Å². The van der Waals surface area contributed by atoms with E-state index in [1.54, 1.807) is 6.92 Å². The first-order valence-corrected chi connectivity index (χ1v) is 13.8. The van der Waals surface area contributed by atoms with E-state index in [9.17, 15) is 18.9 Å². The molecular formula is C18H28FN5O10P2. The van der Waals surface area contributed by atoms with E-state index < -0.39 is 65.6 Å². The number of methoxy groups -OCH3 is 1. The topological polar surface area (TPSA) is 200 Å². The van der Waals surface area contributed by atoms with Crippen molar-refractivity contribution in [3.63, 3.8) is 0 Å². The number of phosphoric acid groups is 1. The zero-order valence-corrected chi connectivity index (χ0v) is 21.4. The minimum Gasteiger partial charge on any atom is -0.382 e. The molecule has 2 aliphatic rings. The van der Waals surface area contributed by atoms with Crippen LogP contribution in [-0.4, -0.2) is 85.8 Å². The van der Waals surface area contributed by atoms with Gasteiger partial charge in [-0.1, -0.05) is 6.92 Å². The van der Waals surface area contributed by atoms with Crippen molar-refractivity contribution in [1.82, 2.24) is 19.5 Å². The summed E-state index contributed by atoms with van der Waals surface area (Å²) in [6.45, 7) is 2.86. The van der Waals surface area contributed by atoms with Crippen molar-refractivity contribution in [2.45, 2.75) is 69.3 Å². The second-order valence-electron chi connectivity index (χ2n) is 8.26. The molecule has 2 fully saturated rings. The van der Waals surface area contributed by atoms with Crippen molar-refractivity contribution in [3.05, 3.63) is 12.7 Å². The van der Waals surface area contributed by atoms with Crippen LogP contribution in [0.2, 0.25) is 0 Å². The minimum absolute atomic E-state index is 0.0589. The Hall–Kier alpha value is -1.58. The molecular weight excluding hydrogens is 527 g/mol. The van der Waals surface area contributed by atoms with E-state index in [2.05, 4.69) is 15.0 Å². The van der Waals surface area contributed by atoms with E-state index in [-0.39, 0.29) is 23.1 Å². The standard InChI is InChI=1S/C18H28FN5O10P2/c1-4-9-15(13(29-3)8(2)31-9)34-36(27,28)30-5-10-14(33-35(25)26)11(19)18(32-10)24-7-23-12-16(20)21-6-22-17(12)24/h6-11,13-15,18,35H,4-5H2,1-3H3,(H,25,26)(H,27,28)(H2,20,21,22)/t8-,9+,10+,11?,13?,14-,15-,18+/m0/s1. The molecule has 4 heterocycles. The summed E-state index contributed by atoms with van der Waals surface area (Å²) in [7, 11) is -6.92. The zero-order chi connectivity index (χ0) is 26.2. The number of phosphoric ester groups is 1. The molecule has 202 valence electrons. The van der Waals surface area contributed by atoms with Gasteiger partial charge in [0.2, 0.25) is 0 Å². The molecule has 2 aromatic rings. The number of aromatic nitrogens is 4. The average molecular weight is 555 g/mol. The fraction of sp³-hybridized carbons (Fsp3) is 0.722. The first kappa shape index (κ1) is 27.5. The molecule has 4 rings (SSSR count). The number of alkyl halides is 1. The van der Waals surface area contributed by atoms with Crippen LogP contribution in [0.4, 0.5) is 10.2 Å². The molecule has 0 spiro atoms. The van der Waals surface area contributed by atoms with Crippen LogP contribution < -0.4 is 5.73 Å². The van der Waals surface area contributed by atoms with E-state index in [0.29, 0.717) is 6.42 Å². The lowest BCUT2D eigenvalue weighted by Crippen LogP contribution is -2.36. The van der Waals surface area contributed by atoms with Crippen molar-refractivity contribution in [2.75, 3.05) is 19.5 Å². The number of nitrogens with zero attached hydrogens (tertiary/aromatic N) is 4. The molecule has 4 N–H and O–H groups in total. The number of halogens is 1. The monoisotopic (exact) mass is 555 g/mol. The van der Waals surface area contributed by atoms with Gasteiger partial charge in [0, 0.05) is 7.11 Å². The van der Waals surface area contributed by atoms with E-state index in [4.69, 9.17) is 33.5 Å². The van der Waals surface area contributed by atoms with Gasteiger partial charge in [0.05, 0.1) is 25.1 Å². The summed E-state index contributed by atoms with van der Waals surface area (Å²) in [5.41, 5.74) is 6.11. The van der Waals surface area contributed by atoms with Gasteiger partial charge in [0.15, 0.2) is 23.9 Å². The van der Waals surface area contributed by atoms with Gasteiger partial charge in [0.1, 0.15) is 36.3 Å². The van der Waals surface area contributed by atoms with Crippen LogP contribution >= 0.6 is 16.1 Å². The Kier molecular flexibility index (Phi) is 8.42. The molecule has 0 aliphatic carbocycles. The number of hydrogen-bond acceptors (Lipinski definition) is 12. The van der Waals surface area contributed by atoms with Crippen LogP contribution in [0.5, 0.6) is 0 Å². The predicted octanol–water partition coefficient (Wildman–Crippen LogP) is 1.13. The number of fused-ring (bicyclic) bond motifs is 1. The Bertz CT molecular complexity index is 1140. The summed E-state index contributed by atoms with van der Waals surface area (Å²) < 4.78 is 72.7. The lowest BCUT2D eigenvalue weighted by molar-refractivity contribution is -0.0514. The van der Waals surface area contributed by atoms with Crippen molar-refractivity contribution in [1.29, 1.82) is 0 Å². The smallest absolute Gasteiger partial charge is 0.382 e. The van der Waals surface area contributed by atoms with E-state index in [1.165, 1.54) is 18.0 Å². The normalized spacial score (nSPS) is 35.3. The van der Waals surface area contributed by atoms with Gasteiger partial charge in [-0.15, -0.1) is 0 Å². The largest absolute Gasteiger partial charge is 0.472 e. The van der Waals surface area contributed by atoms with Crippen molar-refractivity contribution in [3.8, 4) is 0 Å². The SMILES string of the molecule is CC[C@H]1O[C@@H](C)C(OC)[C@H]1OP(=O)(O)OC[C@H]1O[C@@H](n2cnc3c(N)ncnc32)C(F)[C@H]1O[PH](=O)O. The third kappa shape index (κ3) is 5.48. The number of hydrogen-bond donors (Lipinski definition) is 3. The van der Waals surface area contributed by atoms with Crippen LogP contribution in [0.3, 0.4) is 0 Å². The van der Waals surface area contributed by atoms with Crippen LogP contribution in [0.1, 0.15) is 26.5 Å². The Balaban J connectivity index is 1.50. The third-order valence-electron chi connectivity index (χ3n) is 6.04. The molecule has 2 saturated heterocycles. The lowest BCUT2D eigenvalue weighted by Gasteiger charge is -2.25. The second-order valence-corrected chi connectivity index (χ2v) is 10.4. The first-order valence-electron chi connectivity index (χ1n) is 11.0. The molecule has 36 heavy (non-hydrogen) atoms. The second kappa shape index (κ2) is 11.0. The summed E-state index contributed by atoms with van der Waals surface area (Å²) in [5, 5.41) is 0. The Morgan fingerprint density at radius 1 is 1.25 bits per heavy atom. The number of rotatable bonds is 10. The molecule has 0 aromatic carbocycles. The number of anilines is 1. The maximum atomic E-state index is 15.4. The molecule has 2 aliphatic heterocycles. The summed E-state index contributed by atoms with van der Waals surface area (Å²) >= 11 is 0. The average Bonchev–Trinajstić information content (AvgIpc) is 3.47. The highest BCUT2D eigenvalue weighted by molar-refractivity contribution is 7.47. The van der Waals surface area contributed by atoms with Crippen molar-refractivity contribution >= 4 is 33.1 Å². The maximum absolute atomic E-state index is 15.4. The molecule has 18 heteroatoms. The third-order valence-corrected chi connectivity index (χ3v) is 7.50. The summed E-state index contributed by atoms with van der Waals surface area (Å²) in [6, 6.07) is 0. The quantitative estimate of drug-likeness (QED) is 0.352. The fourth-order valence-electron chi connectivity index (χ4n) is 4.41. The molecule has 0 radical (unpaired) electrons. The Morgan fingerprint density at radius 2 is 2.00 bits per heavy atom. The fourth-order valence-corrected chi connectivity index (χ4v) is 5.88. The van der Waals surface area contributed by atoms with Gasteiger partial charge in [0.25, 0.3) is 0 Å². The number of nitrogens with two attached hydrogens (primary N) is 1. The van der Waals surface area contributed by atoms with Crippen LogP contribution in [0, 0.1) is 0 Å². The predicted molar refractivity (Wildman–Crippen MR) is 121 cm³/mol. The highest BCUT2D eigenvalue weighted by Crippen LogP contribution is 2.49. The van der Waals surface area contributed by atoms with E-state index >= 15 is 4.39 Å². The molecule has 2 aromatic heterocycles. The van der Waals surface area contributed by atoms with Gasteiger partial charge >= 0.3 is 16.1 Å². The van der Waals surface area contributed by atoms with E-state index in [0.717, 1.165) is 6.33 Å². The maximum Gasteiger partial charge on any atom is 0.472 e. The van der Waals surface area contributed by atoms with Gasteiger partial charge in [-0.3, -0.25) is 18.2 Å². The van der Waals surface area contributed by atoms with Gasteiger partial charge in [-0.25, -0.2) is 23.9 Å². The highest BCUT2D eigenvalue weighted by Gasteiger charge is 2.50. The summed E-state index contributed by atoms with van der Waals surface area (Å²) in [5.74, 6) is 0.0589. The number of imidazole rings is 1. The van der Waals surface area contributed by atoms with Gasteiger partial charge < -0.3 is 34.3 Å². The Labute approximate surface area is 205 Å². The van der Waals surface area contributed by atoms with Crippen LogP contribution in [-0.2, 0) is 36.9 Å². The minimum atomic E-state index is -4.73. The highest BCUT2D eigenvalue weighted by atomic mass is 31.2. The summed E-state index contributed by atoms with van der Waals surface area (Å²) in [4.78, 5) is 31.5. The first-order chi connectivity index (χ1) is 17.1. The number of nitrogen functional groups attached to an aromatic ring is 1. The summed E-state index contributed by atoms with van der Waals surface area (Å²) in [6.07, 6.45) is -5.99. The molecule has 15 nitrogen and oxygen atoms in total. The lowest BCUT2D eigenvalue weighted by atomic mass is 10.1. The Morgan fingerprint density at radius 3 is 2.67 bits per heavy atom. The van der Waals surface area contributed by atoms with Gasteiger partial charge in [-0.05, 0) is 13.3 Å². The van der Waals surface area contributed by atoms with Crippen molar-refractivity contribution < 1.29 is 51.1 Å². The molecule has 4 unspecified atom stereocenters. The molecule has 0 saturated carbocycles.